The molecule has 9 aromatic rings. The molecule has 43 heavy (non-hydrogen) atoms. The van der Waals surface area contributed by atoms with Gasteiger partial charge in [0.25, 0.3) is 0 Å². The van der Waals surface area contributed by atoms with Crippen LogP contribution in [0.1, 0.15) is 27.8 Å². The Morgan fingerprint density at radius 1 is 0.419 bits per heavy atom. The highest BCUT2D eigenvalue weighted by atomic mass is 15.2. The smallest absolute Gasteiger partial charge is 0.220 e. The van der Waals surface area contributed by atoms with Crippen LogP contribution in [0.15, 0.2) is 91.0 Å². The second-order valence-electron chi connectivity index (χ2n) is 12.1. The topological polar surface area (TPSA) is 44.5 Å². The Hall–Kier alpha value is -5.36. The highest BCUT2D eigenvalue weighted by molar-refractivity contribution is 5.96. The number of nitrogens with zero attached hydrogens (tertiary/aromatic N) is 6. The first-order valence-electron chi connectivity index (χ1n) is 14.8. The van der Waals surface area contributed by atoms with Crippen LogP contribution in [0.4, 0.5) is 0 Å². The van der Waals surface area contributed by atoms with Crippen molar-refractivity contribution in [2.75, 3.05) is 0 Å². The van der Waals surface area contributed by atoms with Gasteiger partial charge in [0.1, 0.15) is 0 Å². The van der Waals surface area contributed by atoms with Crippen molar-refractivity contribution in [3.63, 3.8) is 0 Å². The molecule has 0 aliphatic rings. The van der Waals surface area contributed by atoms with Gasteiger partial charge in [-0.15, -0.1) is 0 Å². The quantitative estimate of drug-likeness (QED) is 0.213. The van der Waals surface area contributed by atoms with E-state index in [1.165, 1.54) is 27.8 Å². The summed E-state index contributed by atoms with van der Waals surface area (Å²) in [4.78, 5) is 10.4. The minimum absolute atomic E-state index is 0.914. The molecule has 0 aliphatic carbocycles. The Kier molecular flexibility index (Phi) is 4.71. The van der Waals surface area contributed by atoms with Crippen LogP contribution < -0.4 is 0 Å². The van der Waals surface area contributed by atoms with Gasteiger partial charge in [-0.25, -0.2) is 9.97 Å². The first-order chi connectivity index (χ1) is 20.9. The summed E-state index contributed by atoms with van der Waals surface area (Å²) < 4.78 is 9.24. The van der Waals surface area contributed by atoms with E-state index in [2.05, 4.69) is 144 Å². The molecule has 6 nitrogen and oxygen atoms in total. The fourth-order valence-electron chi connectivity index (χ4n) is 6.81. The van der Waals surface area contributed by atoms with Crippen molar-refractivity contribution in [3.8, 4) is 11.4 Å². The van der Waals surface area contributed by atoms with Gasteiger partial charge in [-0.1, -0.05) is 30.3 Å². The third-order valence-electron chi connectivity index (χ3n) is 8.90. The van der Waals surface area contributed by atoms with E-state index >= 15 is 0 Å². The minimum atomic E-state index is 0.914. The molecule has 0 unspecified atom stereocenters. The number of hydrogen-bond donors (Lipinski definition) is 0. The van der Waals surface area contributed by atoms with Gasteiger partial charge in [-0.2, -0.15) is 0 Å². The first kappa shape index (κ1) is 24.3. The van der Waals surface area contributed by atoms with Gasteiger partial charge in [0, 0.05) is 0 Å². The van der Waals surface area contributed by atoms with Crippen LogP contribution in [0.5, 0.6) is 0 Å². The molecule has 0 radical (unpaired) electrons. The first-order valence-corrected chi connectivity index (χ1v) is 14.8. The van der Waals surface area contributed by atoms with Gasteiger partial charge in [0.2, 0.25) is 11.6 Å². The molecule has 5 aromatic carbocycles. The average molecular weight is 559 g/mol. The van der Waals surface area contributed by atoms with E-state index in [-0.39, 0.29) is 0 Å². The fraction of sp³-hybridized carbons (Fsp3) is 0.135. The molecule has 0 atom stereocenters. The Balaban J connectivity index is 1.43. The summed E-state index contributed by atoms with van der Waals surface area (Å²) in [6.45, 7) is 10.8. The number of rotatable bonds is 2. The van der Waals surface area contributed by atoms with Crippen LogP contribution in [-0.2, 0) is 0 Å². The zero-order chi connectivity index (χ0) is 29.1. The molecule has 4 heterocycles. The SMILES string of the molecule is Cc1ccc(C)c(-n2c3ccc(-n4c5ccc(C)cc5n5c6cc(C)ccc6nc45)cc3n3c4cc(C)ccc4nc23)c1. The zero-order valence-corrected chi connectivity index (χ0v) is 24.8. The van der Waals surface area contributed by atoms with E-state index in [0.29, 0.717) is 0 Å². The number of imidazole rings is 4. The maximum absolute atomic E-state index is 5.18. The van der Waals surface area contributed by atoms with E-state index in [1.54, 1.807) is 0 Å². The molecular formula is C37H30N6. The highest BCUT2D eigenvalue weighted by Crippen LogP contribution is 2.35. The highest BCUT2D eigenvalue weighted by Gasteiger charge is 2.22. The molecule has 0 saturated carbocycles. The van der Waals surface area contributed by atoms with Gasteiger partial charge in [0.05, 0.1) is 55.5 Å². The predicted molar refractivity (Wildman–Crippen MR) is 176 cm³/mol. The number of aryl methyl sites for hydroxylation is 5. The van der Waals surface area contributed by atoms with Crippen LogP contribution in [0.3, 0.4) is 0 Å². The number of aromatic nitrogens is 6. The maximum Gasteiger partial charge on any atom is 0.220 e. The van der Waals surface area contributed by atoms with E-state index < -0.39 is 0 Å². The van der Waals surface area contributed by atoms with E-state index in [0.717, 1.165) is 67.1 Å². The Morgan fingerprint density at radius 2 is 0.907 bits per heavy atom. The zero-order valence-electron chi connectivity index (χ0n) is 24.8. The van der Waals surface area contributed by atoms with E-state index in [1.807, 2.05) is 0 Å². The molecule has 0 N–H and O–H groups in total. The van der Waals surface area contributed by atoms with E-state index in [9.17, 15) is 0 Å². The number of benzene rings is 5. The van der Waals surface area contributed by atoms with Crippen LogP contribution in [0, 0.1) is 34.6 Å². The van der Waals surface area contributed by atoms with Gasteiger partial charge in [-0.05, 0) is 123 Å². The lowest BCUT2D eigenvalue weighted by Crippen LogP contribution is -1.99. The van der Waals surface area contributed by atoms with Crippen molar-refractivity contribution in [2.24, 2.45) is 0 Å². The molecule has 0 aliphatic heterocycles. The third kappa shape index (κ3) is 3.29. The monoisotopic (exact) mass is 558 g/mol. The van der Waals surface area contributed by atoms with E-state index in [4.69, 9.17) is 9.97 Å². The molecule has 4 aromatic heterocycles. The Bertz CT molecular complexity index is 2620. The normalized spacial score (nSPS) is 12.3. The number of hydrogen-bond acceptors (Lipinski definition) is 2. The predicted octanol–water partition coefficient (Wildman–Crippen LogP) is 8.72. The van der Waals surface area contributed by atoms with Gasteiger partial charge >= 0.3 is 0 Å². The summed E-state index contributed by atoms with van der Waals surface area (Å²) >= 11 is 0. The Labute approximate surface area is 248 Å². The van der Waals surface area contributed by atoms with Crippen LogP contribution in [0.2, 0.25) is 0 Å². The minimum Gasteiger partial charge on any atom is -0.278 e. The molecular weight excluding hydrogens is 528 g/mol. The van der Waals surface area contributed by atoms with Gasteiger partial charge in [-0.3, -0.25) is 17.9 Å². The van der Waals surface area contributed by atoms with Crippen molar-refractivity contribution in [1.29, 1.82) is 0 Å². The molecule has 6 heteroatoms. The lowest BCUT2D eigenvalue weighted by Gasteiger charge is -2.11. The lowest BCUT2D eigenvalue weighted by atomic mass is 10.1. The summed E-state index contributed by atoms with van der Waals surface area (Å²) in [5.41, 5.74) is 17.1. The maximum atomic E-state index is 5.18. The largest absolute Gasteiger partial charge is 0.278 e. The summed E-state index contributed by atoms with van der Waals surface area (Å²) in [5.74, 6) is 1.83. The molecule has 0 fully saturated rings. The molecule has 0 spiro atoms. The second-order valence-corrected chi connectivity index (χ2v) is 12.1. The third-order valence-corrected chi connectivity index (χ3v) is 8.90. The molecule has 208 valence electrons. The van der Waals surface area contributed by atoms with Crippen LogP contribution >= 0.6 is 0 Å². The van der Waals surface area contributed by atoms with Crippen molar-refractivity contribution >= 4 is 55.7 Å². The van der Waals surface area contributed by atoms with Crippen LogP contribution in [-0.4, -0.2) is 27.9 Å². The summed E-state index contributed by atoms with van der Waals surface area (Å²) in [6, 6.07) is 33.1. The fourth-order valence-corrected chi connectivity index (χ4v) is 6.81. The van der Waals surface area contributed by atoms with Crippen molar-refractivity contribution in [3.05, 3.63) is 119 Å². The Morgan fingerprint density at radius 3 is 1.58 bits per heavy atom. The standard InChI is InChI=1S/C37H30N6/c1-21-6-10-25(5)31(16-21)41-30-15-11-26(20-35(30)43-33-18-23(3)8-13-28(33)39-37(41)43)40-29-14-9-24(4)19-34(29)42-32-17-22(2)7-12-27(32)38-36(40)42/h6-20H,1-5H3. The average Bonchev–Trinajstić information content (AvgIpc) is 3.70. The van der Waals surface area contributed by atoms with Crippen molar-refractivity contribution < 1.29 is 0 Å². The lowest BCUT2D eigenvalue weighted by molar-refractivity contribution is 1.08. The molecule has 0 saturated heterocycles. The summed E-state index contributed by atoms with van der Waals surface area (Å²) in [6.07, 6.45) is 0. The molecule has 0 bridgehead atoms. The van der Waals surface area contributed by atoms with Crippen molar-refractivity contribution in [1.82, 2.24) is 27.9 Å². The summed E-state index contributed by atoms with van der Waals surface area (Å²) in [5, 5.41) is 0. The summed E-state index contributed by atoms with van der Waals surface area (Å²) in [7, 11) is 0. The second kappa shape index (κ2) is 8.35. The van der Waals surface area contributed by atoms with Crippen molar-refractivity contribution in [2.45, 2.75) is 34.6 Å². The van der Waals surface area contributed by atoms with Gasteiger partial charge < -0.3 is 0 Å². The van der Waals surface area contributed by atoms with Gasteiger partial charge in [0.15, 0.2) is 0 Å². The molecule has 9 rings (SSSR count). The molecule has 0 amide bonds. The van der Waals surface area contributed by atoms with Crippen LogP contribution in [0.25, 0.3) is 67.1 Å². The number of fused-ring (bicyclic) bond motifs is 10.